The van der Waals surface area contributed by atoms with E-state index in [1.807, 2.05) is 42.5 Å². The molecule has 1 N–H and O–H groups in total. The highest BCUT2D eigenvalue weighted by molar-refractivity contribution is 5.82. The highest BCUT2D eigenvalue weighted by atomic mass is 16.5. The van der Waals surface area contributed by atoms with Crippen LogP contribution in [0, 0.1) is 0 Å². The Bertz CT molecular complexity index is 1370. The molecule has 40 heavy (non-hydrogen) atoms. The van der Waals surface area contributed by atoms with Crippen LogP contribution >= 0.6 is 0 Å². The molecule has 0 aliphatic carbocycles. The van der Waals surface area contributed by atoms with Crippen LogP contribution < -0.4 is 4.74 Å². The van der Waals surface area contributed by atoms with Crippen molar-refractivity contribution in [1.82, 2.24) is 10.1 Å². The summed E-state index contributed by atoms with van der Waals surface area (Å²) in [5.41, 5.74) is 7.22. The van der Waals surface area contributed by atoms with Crippen molar-refractivity contribution in [3.63, 3.8) is 0 Å². The second-order valence-corrected chi connectivity index (χ2v) is 10.7. The zero-order chi connectivity index (χ0) is 27.7. The smallest absolute Gasteiger partial charge is 0.159 e. The van der Waals surface area contributed by atoms with Crippen LogP contribution in [0.15, 0.2) is 101 Å². The third kappa shape index (κ3) is 7.17. The maximum atomic E-state index is 10.8. The van der Waals surface area contributed by atoms with Gasteiger partial charge in [0.25, 0.3) is 0 Å². The minimum absolute atomic E-state index is 0.239. The van der Waals surface area contributed by atoms with Gasteiger partial charge < -0.3 is 14.4 Å². The van der Waals surface area contributed by atoms with Crippen molar-refractivity contribution < 1.29 is 14.4 Å². The van der Waals surface area contributed by atoms with Crippen LogP contribution in [-0.4, -0.2) is 47.5 Å². The molecular formula is C35H38N2O3. The zero-order valence-corrected chi connectivity index (χ0v) is 23.4. The minimum Gasteiger partial charge on any atom is -0.490 e. The van der Waals surface area contributed by atoms with Crippen molar-refractivity contribution in [2.24, 2.45) is 0 Å². The molecule has 0 saturated carbocycles. The van der Waals surface area contributed by atoms with Gasteiger partial charge in [-0.15, -0.1) is 0 Å². The van der Waals surface area contributed by atoms with Crippen LogP contribution in [0.25, 0.3) is 17.7 Å². The highest BCUT2D eigenvalue weighted by Gasteiger charge is 2.21. The minimum atomic E-state index is -0.576. The van der Waals surface area contributed by atoms with Crippen molar-refractivity contribution in [1.29, 1.82) is 0 Å². The maximum absolute atomic E-state index is 10.8. The fourth-order valence-corrected chi connectivity index (χ4v) is 5.15. The second-order valence-electron chi connectivity index (χ2n) is 10.7. The molecule has 0 radical (unpaired) electrons. The third-order valence-corrected chi connectivity index (χ3v) is 7.32. The molecule has 3 aromatic carbocycles. The third-order valence-electron chi connectivity index (χ3n) is 7.32. The number of piperidine rings is 1. The fourth-order valence-electron chi connectivity index (χ4n) is 5.15. The largest absolute Gasteiger partial charge is 0.490 e. The Morgan fingerprint density at radius 2 is 1.52 bits per heavy atom. The molecule has 1 aliphatic rings. The van der Waals surface area contributed by atoms with E-state index >= 15 is 0 Å². The summed E-state index contributed by atoms with van der Waals surface area (Å²) in [6.45, 7) is 6.85. The highest BCUT2D eigenvalue weighted by Crippen LogP contribution is 2.32. The van der Waals surface area contributed by atoms with Gasteiger partial charge in [0, 0.05) is 31.3 Å². The zero-order valence-electron chi connectivity index (χ0n) is 23.4. The van der Waals surface area contributed by atoms with Crippen LogP contribution in [-0.2, 0) is 0 Å². The van der Waals surface area contributed by atoms with Crippen LogP contribution in [0.2, 0.25) is 0 Å². The van der Waals surface area contributed by atoms with Gasteiger partial charge in [-0.3, -0.25) is 4.90 Å². The van der Waals surface area contributed by atoms with Crippen LogP contribution in [0.4, 0.5) is 0 Å². The maximum Gasteiger partial charge on any atom is 0.159 e. The molecule has 1 unspecified atom stereocenters. The standard InChI is InChI=1S/C35H38N2O3/c1-26(2)33-23-32(40-36-33)18-17-27-11-9-10-16-34(27)39-25-31(38)24-37-21-19-30(20-22-37)35(28-12-5-3-6-13-28)29-14-7-4-8-15-29/h3-18,23,26,31,38H,19-22,24-25H2,1-2H3. The van der Waals surface area contributed by atoms with Gasteiger partial charge in [-0.1, -0.05) is 103 Å². The molecule has 1 saturated heterocycles. The van der Waals surface area contributed by atoms with Crippen molar-refractivity contribution in [2.75, 3.05) is 26.2 Å². The van der Waals surface area contributed by atoms with Gasteiger partial charge in [-0.25, -0.2) is 0 Å². The Hall–Kier alpha value is -3.93. The number of ether oxygens (including phenoxy) is 1. The monoisotopic (exact) mass is 534 g/mol. The van der Waals surface area contributed by atoms with Crippen molar-refractivity contribution in [3.8, 4) is 5.75 Å². The number of aliphatic hydroxyl groups excluding tert-OH is 1. The van der Waals surface area contributed by atoms with Gasteiger partial charge in [0.1, 0.15) is 18.5 Å². The number of likely N-dealkylation sites (tertiary alicyclic amines) is 1. The van der Waals surface area contributed by atoms with Crippen LogP contribution in [0.1, 0.15) is 60.8 Å². The number of β-amino-alcohol motifs (C(OH)–C–C–N with tert-alkyl or cyclic N) is 1. The lowest BCUT2D eigenvalue weighted by Crippen LogP contribution is -2.39. The number of aromatic nitrogens is 1. The number of hydrogen-bond acceptors (Lipinski definition) is 5. The molecule has 4 aromatic rings. The van der Waals surface area contributed by atoms with E-state index in [0.717, 1.165) is 42.9 Å². The predicted octanol–water partition coefficient (Wildman–Crippen LogP) is 7.31. The summed E-state index contributed by atoms with van der Waals surface area (Å²) < 4.78 is 11.5. The Morgan fingerprint density at radius 1 is 0.900 bits per heavy atom. The fraction of sp³-hybridized carbons (Fsp3) is 0.286. The van der Waals surface area contributed by atoms with E-state index in [1.54, 1.807) is 0 Å². The van der Waals surface area contributed by atoms with Crippen LogP contribution in [0.3, 0.4) is 0 Å². The van der Waals surface area contributed by atoms with Gasteiger partial charge in [0.2, 0.25) is 0 Å². The molecule has 1 atom stereocenters. The van der Waals surface area contributed by atoms with Gasteiger partial charge >= 0.3 is 0 Å². The molecule has 0 spiro atoms. The van der Waals surface area contributed by atoms with E-state index in [4.69, 9.17) is 9.26 Å². The lowest BCUT2D eigenvalue weighted by atomic mass is 9.88. The molecule has 0 bridgehead atoms. The van der Waals surface area contributed by atoms with E-state index in [0.29, 0.717) is 18.2 Å². The molecule has 206 valence electrons. The predicted molar refractivity (Wildman–Crippen MR) is 162 cm³/mol. The number of benzene rings is 3. The molecule has 0 amide bonds. The summed E-state index contributed by atoms with van der Waals surface area (Å²) in [4.78, 5) is 2.34. The topological polar surface area (TPSA) is 58.7 Å². The number of aliphatic hydroxyl groups is 1. The average Bonchev–Trinajstić information content (AvgIpc) is 3.47. The summed E-state index contributed by atoms with van der Waals surface area (Å²) in [5.74, 6) is 1.76. The van der Waals surface area contributed by atoms with Gasteiger partial charge in [-0.05, 0) is 53.7 Å². The van der Waals surface area contributed by atoms with Gasteiger partial charge in [0.05, 0.1) is 5.69 Å². The summed E-state index contributed by atoms with van der Waals surface area (Å²) in [5, 5.41) is 14.9. The average molecular weight is 535 g/mol. The van der Waals surface area contributed by atoms with Crippen molar-refractivity contribution in [3.05, 3.63) is 125 Å². The Labute approximate surface area is 237 Å². The first-order valence-corrected chi connectivity index (χ1v) is 14.2. The Balaban J connectivity index is 1.17. The van der Waals surface area contributed by atoms with Gasteiger partial charge in [0.15, 0.2) is 5.76 Å². The quantitative estimate of drug-likeness (QED) is 0.231. The number of hydrogen-bond donors (Lipinski definition) is 1. The molecular weight excluding hydrogens is 496 g/mol. The van der Waals surface area contributed by atoms with Gasteiger partial charge in [-0.2, -0.15) is 0 Å². The Morgan fingerprint density at radius 3 is 2.15 bits per heavy atom. The summed E-state index contributed by atoms with van der Waals surface area (Å²) in [6, 6.07) is 31.1. The summed E-state index contributed by atoms with van der Waals surface area (Å²) in [7, 11) is 0. The first kappa shape index (κ1) is 27.6. The molecule has 2 heterocycles. The molecule has 5 heteroatoms. The first-order valence-electron chi connectivity index (χ1n) is 14.2. The Kier molecular flexibility index (Phi) is 9.27. The first-order chi connectivity index (χ1) is 19.6. The SMILES string of the molecule is CC(C)c1cc(C=Cc2ccccc2OCC(O)CN2CCC(=C(c3ccccc3)c3ccccc3)CC2)on1. The second kappa shape index (κ2) is 13.4. The van der Waals surface area contributed by atoms with E-state index in [2.05, 4.69) is 84.6 Å². The molecule has 1 aromatic heterocycles. The molecule has 5 nitrogen and oxygen atoms in total. The normalized spacial score (nSPS) is 15.1. The van der Waals surface area contributed by atoms with E-state index < -0.39 is 6.10 Å². The molecule has 1 fully saturated rings. The molecule has 5 rings (SSSR count). The number of para-hydroxylation sites is 1. The van der Waals surface area contributed by atoms with Crippen molar-refractivity contribution in [2.45, 2.75) is 38.7 Å². The number of rotatable bonds is 10. The summed E-state index contributed by atoms with van der Waals surface area (Å²) in [6.07, 6.45) is 5.26. The van der Waals surface area contributed by atoms with E-state index in [-0.39, 0.29) is 6.61 Å². The van der Waals surface area contributed by atoms with Crippen LogP contribution in [0.5, 0.6) is 5.75 Å². The lowest BCUT2D eigenvalue weighted by Gasteiger charge is -2.31. The van der Waals surface area contributed by atoms with Crippen molar-refractivity contribution >= 4 is 17.7 Å². The number of nitrogens with zero attached hydrogens (tertiary/aromatic N) is 2. The van der Waals surface area contributed by atoms with E-state index in [9.17, 15) is 5.11 Å². The molecule has 1 aliphatic heterocycles. The van der Waals surface area contributed by atoms with E-state index in [1.165, 1.54) is 22.3 Å². The lowest BCUT2D eigenvalue weighted by molar-refractivity contribution is 0.0655. The summed E-state index contributed by atoms with van der Waals surface area (Å²) >= 11 is 0.